The molecule has 7 heteroatoms. The van der Waals surface area contributed by atoms with Gasteiger partial charge in [0, 0.05) is 5.69 Å². The number of carbonyl (C=O) groups excluding carboxylic acids is 2. The summed E-state index contributed by atoms with van der Waals surface area (Å²) < 4.78 is 10.0. The van der Waals surface area contributed by atoms with E-state index in [-0.39, 0.29) is 17.4 Å². The Bertz CT molecular complexity index is 896. The molecule has 0 bridgehead atoms. The number of furan rings is 2. The third-order valence-corrected chi connectivity index (χ3v) is 3.35. The lowest BCUT2D eigenvalue weighted by molar-refractivity contribution is 0.0926. The highest BCUT2D eigenvalue weighted by molar-refractivity contribution is 6.04. The summed E-state index contributed by atoms with van der Waals surface area (Å²) in [6.07, 6.45) is 2.85. The molecule has 0 saturated heterocycles. The molecule has 3 rings (SSSR count). The maximum absolute atomic E-state index is 12.0. The van der Waals surface area contributed by atoms with E-state index in [1.165, 1.54) is 12.5 Å². The summed E-state index contributed by atoms with van der Waals surface area (Å²) in [6, 6.07) is 13.5. The van der Waals surface area contributed by atoms with Gasteiger partial charge in [0.05, 0.1) is 18.2 Å². The third-order valence-electron chi connectivity index (χ3n) is 3.35. The molecule has 7 nitrogen and oxygen atoms in total. The van der Waals surface area contributed by atoms with Gasteiger partial charge in [-0.15, -0.1) is 0 Å². The van der Waals surface area contributed by atoms with E-state index in [0.29, 0.717) is 11.4 Å². The molecule has 2 N–H and O–H groups in total. The van der Waals surface area contributed by atoms with Gasteiger partial charge in [0.2, 0.25) is 0 Å². The summed E-state index contributed by atoms with van der Waals surface area (Å²) in [5, 5.41) is 6.78. The van der Waals surface area contributed by atoms with Crippen LogP contribution in [0.1, 0.15) is 33.6 Å². The molecular weight excluding hydrogens is 322 g/mol. The molecule has 0 spiro atoms. The molecule has 0 atom stereocenters. The molecule has 0 unspecified atom stereocenters. The van der Waals surface area contributed by atoms with Crippen molar-refractivity contribution >= 4 is 23.2 Å². The number of benzene rings is 1. The second-order valence-electron chi connectivity index (χ2n) is 5.13. The molecule has 2 amide bonds. The average Bonchev–Trinajstić information content (AvgIpc) is 3.33. The van der Waals surface area contributed by atoms with Crippen LogP contribution >= 0.6 is 0 Å². The largest absolute Gasteiger partial charge is 0.459 e. The second kappa shape index (κ2) is 7.31. The van der Waals surface area contributed by atoms with Gasteiger partial charge in [-0.25, -0.2) is 5.43 Å². The maximum Gasteiger partial charge on any atom is 0.307 e. The lowest BCUT2D eigenvalue weighted by Gasteiger charge is -2.06. The molecule has 0 aliphatic carbocycles. The van der Waals surface area contributed by atoms with Crippen LogP contribution in [0.25, 0.3) is 0 Å². The predicted molar refractivity (Wildman–Crippen MR) is 91.5 cm³/mol. The third kappa shape index (κ3) is 4.03. The minimum atomic E-state index is -0.438. The van der Waals surface area contributed by atoms with Crippen LogP contribution in [0.15, 0.2) is 75.0 Å². The Morgan fingerprint density at radius 3 is 2.24 bits per heavy atom. The van der Waals surface area contributed by atoms with Crippen molar-refractivity contribution in [3.8, 4) is 0 Å². The van der Waals surface area contributed by atoms with Gasteiger partial charge >= 0.3 is 5.91 Å². The number of hydrazone groups is 1. The van der Waals surface area contributed by atoms with Crippen molar-refractivity contribution in [3.05, 3.63) is 78.1 Å². The number of amides is 2. The summed E-state index contributed by atoms with van der Waals surface area (Å²) in [7, 11) is 0. The quantitative estimate of drug-likeness (QED) is 0.551. The van der Waals surface area contributed by atoms with Gasteiger partial charge in [-0.05, 0) is 48.9 Å². The fraction of sp³-hybridized carbons (Fsp3) is 0.0556. The highest BCUT2D eigenvalue weighted by Gasteiger charge is 2.10. The number of rotatable bonds is 5. The van der Waals surface area contributed by atoms with Crippen LogP contribution < -0.4 is 10.7 Å². The molecule has 2 aromatic heterocycles. The Labute approximate surface area is 143 Å². The van der Waals surface area contributed by atoms with Crippen molar-refractivity contribution in [2.24, 2.45) is 5.10 Å². The summed E-state index contributed by atoms with van der Waals surface area (Å²) >= 11 is 0. The van der Waals surface area contributed by atoms with Crippen LogP contribution in [-0.2, 0) is 0 Å². The first-order chi connectivity index (χ1) is 12.1. The van der Waals surface area contributed by atoms with Crippen LogP contribution in [-0.4, -0.2) is 17.5 Å². The molecule has 0 aliphatic rings. The van der Waals surface area contributed by atoms with Crippen molar-refractivity contribution in [1.82, 2.24) is 5.43 Å². The molecule has 25 heavy (non-hydrogen) atoms. The monoisotopic (exact) mass is 337 g/mol. The zero-order valence-corrected chi connectivity index (χ0v) is 13.4. The van der Waals surface area contributed by atoms with Gasteiger partial charge in [0.15, 0.2) is 11.5 Å². The zero-order chi connectivity index (χ0) is 17.6. The Morgan fingerprint density at radius 1 is 0.920 bits per heavy atom. The molecular formula is C18H15N3O4. The molecule has 126 valence electrons. The topological polar surface area (TPSA) is 96.8 Å². The van der Waals surface area contributed by atoms with Crippen LogP contribution in [0.4, 0.5) is 5.69 Å². The molecule has 1 aromatic carbocycles. The normalized spacial score (nSPS) is 11.2. The van der Waals surface area contributed by atoms with Crippen molar-refractivity contribution in [1.29, 1.82) is 0 Å². The van der Waals surface area contributed by atoms with E-state index in [9.17, 15) is 9.59 Å². The first-order valence-corrected chi connectivity index (χ1v) is 7.47. The number of nitrogens with one attached hydrogen (secondary N) is 2. The first-order valence-electron chi connectivity index (χ1n) is 7.47. The van der Waals surface area contributed by atoms with Gasteiger partial charge < -0.3 is 14.2 Å². The second-order valence-corrected chi connectivity index (χ2v) is 5.13. The van der Waals surface area contributed by atoms with Crippen molar-refractivity contribution in [3.63, 3.8) is 0 Å². The van der Waals surface area contributed by atoms with Crippen molar-refractivity contribution in [2.75, 3.05) is 5.32 Å². The van der Waals surface area contributed by atoms with Gasteiger partial charge in [-0.3, -0.25) is 9.59 Å². The molecule has 0 aliphatic heterocycles. The van der Waals surface area contributed by atoms with Gasteiger partial charge in [-0.2, -0.15) is 5.10 Å². The van der Waals surface area contributed by atoms with Crippen LogP contribution in [0, 0.1) is 0 Å². The van der Waals surface area contributed by atoms with Gasteiger partial charge in [0.25, 0.3) is 5.91 Å². The number of carbonyl (C=O) groups is 2. The highest BCUT2D eigenvalue weighted by Crippen LogP contribution is 2.13. The molecule has 0 saturated carbocycles. The summed E-state index contributed by atoms with van der Waals surface area (Å²) in [4.78, 5) is 23.8. The van der Waals surface area contributed by atoms with Gasteiger partial charge in [0.1, 0.15) is 0 Å². The SMILES string of the molecule is C/C(=N/NC(=O)c1ccco1)c1cccc(NC(=O)c2ccco2)c1. The zero-order valence-electron chi connectivity index (χ0n) is 13.4. The smallest absolute Gasteiger partial charge is 0.307 e. The molecule has 0 radical (unpaired) electrons. The average molecular weight is 337 g/mol. The molecule has 0 fully saturated rings. The van der Waals surface area contributed by atoms with E-state index in [4.69, 9.17) is 8.83 Å². The van der Waals surface area contributed by atoms with Gasteiger partial charge in [-0.1, -0.05) is 12.1 Å². The molecule has 2 heterocycles. The van der Waals surface area contributed by atoms with E-state index in [0.717, 1.165) is 5.56 Å². The van der Waals surface area contributed by atoms with E-state index >= 15 is 0 Å². The van der Waals surface area contributed by atoms with Crippen LogP contribution in [0.5, 0.6) is 0 Å². The van der Waals surface area contributed by atoms with Crippen molar-refractivity contribution < 1.29 is 18.4 Å². The predicted octanol–water partition coefficient (Wildman–Crippen LogP) is 3.28. The number of hydrogen-bond acceptors (Lipinski definition) is 5. The van der Waals surface area contributed by atoms with E-state index in [2.05, 4.69) is 15.8 Å². The van der Waals surface area contributed by atoms with E-state index in [1.54, 1.807) is 49.4 Å². The fourth-order valence-corrected chi connectivity index (χ4v) is 2.08. The lowest BCUT2D eigenvalue weighted by Crippen LogP contribution is -2.18. The van der Waals surface area contributed by atoms with Crippen molar-refractivity contribution in [2.45, 2.75) is 6.92 Å². The number of anilines is 1. The number of hydrogen-bond donors (Lipinski definition) is 2. The van der Waals surface area contributed by atoms with E-state index < -0.39 is 5.91 Å². The van der Waals surface area contributed by atoms with E-state index in [1.807, 2.05) is 6.07 Å². The fourth-order valence-electron chi connectivity index (χ4n) is 2.08. The maximum atomic E-state index is 12.0. The minimum Gasteiger partial charge on any atom is -0.459 e. The molecule has 3 aromatic rings. The van der Waals surface area contributed by atoms with Crippen LogP contribution in [0.3, 0.4) is 0 Å². The minimum absolute atomic E-state index is 0.177. The standard InChI is InChI=1S/C18H15N3O4/c1-12(20-21-18(23)16-8-4-10-25-16)13-5-2-6-14(11-13)19-17(22)15-7-3-9-24-15/h2-11H,1H3,(H,19,22)(H,21,23)/b20-12-. The van der Waals surface area contributed by atoms with Crippen LogP contribution in [0.2, 0.25) is 0 Å². The Morgan fingerprint density at radius 2 is 1.60 bits per heavy atom. The first kappa shape index (κ1) is 16.3. The summed E-state index contributed by atoms with van der Waals surface area (Å²) in [5.74, 6) is -0.382. The lowest BCUT2D eigenvalue weighted by atomic mass is 10.1. The highest BCUT2D eigenvalue weighted by atomic mass is 16.3. The Kier molecular flexibility index (Phi) is 4.75. The Hall–Kier alpha value is -3.61. The number of nitrogens with zero attached hydrogens (tertiary/aromatic N) is 1. The summed E-state index contributed by atoms with van der Waals surface area (Å²) in [6.45, 7) is 1.75. The Balaban J connectivity index is 1.68. The summed E-state index contributed by atoms with van der Waals surface area (Å²) in [5.41, 5.74) is 4.33.